The van der Waals surface area contributed by atoms with Gasteiger partial charge in [0.05, 0.1) is 24.5 Å². The Morgan fingerprint density at radius 2 is 1.79 bits per heavy atom. The number of aromatic nitrogens is 2. The number of nitrogens with two attached hydrogens (primary N) is 1. The number of rotatable bonds is 7. The predicted octanol–water partition coefficient (Wildman–Crippen LogP) is 3.30. The van der Waals surface area contributed by atoms with Crippen LogP contribution < -0.4 is 5.73 Å². The number of hydrogen-bond donors (Lipinski definition) is 1. The summed E-state index contributed by atoms with van der Waals surface area (Å²) < 4.78 is 19.0. The molecule has 1 unspecified atom stereocenters. The molecule has 3 aromatic rings. The molecular formula is C25H25FN4O3. The number of carbonyl (C=O) groups excluding carboxylic acids is 2. The Bertz CT molecular complexity index is 1120. The number of ether oxygens (including phenoxy) is 1. The highest BCUT2D eigenvalue weighted by molar-refractivity contribution is 5.93. The van der Waals surface area contributed by atoms with Crippen molar-refractivity contribution in [3.8, 4) is 11.3 Å². The summed E-state index contributed by atoms with van der Waals surface area (Å²) >= 11 is 0. The van der Waals surface area contributed by atoms with E-state index in [1.165, 1.54) is 12.1 Å². The lowest BCUT2D eigenvalue weighted by Gasteiger charge is -2.33. The highest BCUT2D eigenvalue weighted by atomic mass is 19.1. The second-order valence-corrected chi connectivity index (χ2v) is 7.91. The Hall–Kier alpha value is -3.65. The van der Waals surface area contributed by atoms with Crippen LogP contribution in [-0.4, -0.2) is 46.4 Å². The van der Waals surface area contributed by atoms with Crippen LogP contribution in [0.2, 0.25) is 0 Å². The minimum Gasteiger partial charge on any atom is -0.368 e. The van der Waals surface area contributed by atoms with Crippen LogP contribution in [0.25, 0.3) is 11.3 Å². The fourth-order valence-electron chi connectivity index (χ4n) is 3.89. The molecule has 0 saturated carbocycles. The number of halogens is 1. The van der Waals surface area contributed by atoms with Crippen molar-refractivity contribution in [1.82, 2.24) is 14.9 Å². The van der Waals surface area contributed by atoms with Crippen LogP contribution in [0.4, 0.5) is 4.39 Å². The molecule has 1 fully saturated rings. The number of hydrogen-bond acceptors (Lipinski definition) is 5. The fourth-order valence-corrected chi connectivity index (χ4v) is 3.89. The second kappa shape index (κ2) is 10.3. The van der Waals surface area contributed by atoms with Crippen molar-refractivity contribution in [3.05, 3.63) is 83.6 Å². The van der Waals surface area contributed by atoms with E-state index in [4.69, 9.17) is 10.5 Å². The van der Waals surface area contributed by atoms with Gasteiger partial charge in [-0.1, -0.05) is 24.3 Å². The van der Waals surface area contributed by atoms with Crippen molar-refractivity contribution >= 4 is 11.8 Å². The zero-order valence-corrected chi connectivity index (χ0v) is 18.1. The first-order valence-electron chi connectivity index (χ1n) is 10.9. The van der Waals surface area contributed by atoms with Gasteiger partial charge in [-0.3, -0.25) is 19.6 Å². The van der Waals surface area contributed by atoms with Crippen molar-refractivity contribution < 1.29 is 18.7 Å². The fraction of sp³-hybridized carbons (Fsp3) is 0.280. The first-order valence-corrected chi connectivity index (χ1v) is 10.9. The van der Waals surface area contributed by atoms with E-state index in [2.05, 4.69) is 9.97 Å². The van der Waals surface area contributed by atoms with Gasteiger partial charge < -0.3 is 15.4 Å². The molecule has 2 heterocycles. The summed E-state index contributed by atoms with van der Waals surface area (Å²) in [6.45, 7) is 1.32. The topological polar surface area (TPSA) is 98.4 Å². The molecule has 170 valence electrons. The molecule has 8 heteroatoms. The molecule has 1 saturated heterocycles. The Balaban J connectivity index is 1.41. The largest absolute Gasteiger partial charge is 0.368 e. The van der Waals surface area contributed by atoms with Crippen molar-refractivity contribution in [2.24, 2.45) is 5.73 Å². The van der Waals surface area contributed by atoms with Gasteiger partial charge in [0.1, 0.15) is 11.9 Å². The monoisotopic (exact) mass is 448 g/mol. The van der Waals surface area contributed by atoms with Gasteiger partial charge in [-0.25, -0.2) is 4.39 Å². The molecular weight excluding hydrogens is 423 g/mol. The lowest BCUT2D eigenvalue weighted by molar-refractivity contribution is -0.139. The van der Waals surface area contributed by atoms with Gasteiger partial charge in [0.2, 0.25) is 11.8 Å². The van der Waals surface area contributed by atoms with Crippen LogP contribution in [-0.2, 0) is 16.0 Å². The molecule has 1 aliphatic rings. The number of aryl methyl sites for hydroxylation is 1. The first-order chi connectivity index (χ1) is 16.0. The molecule has 2 N–H and O–H groups in total. The summed E-state index contributed by atoms with van der Waals surface area (Å²) in [5, 5.41) is 0. The van der Waals surface area contributed by atoms with Gasteiger partial charge in [0.15, 0.2) is 0 Å². The summed E-state index contributed by atoms with van der Waals surface area (Å²) in [4.78, 5) is 34.9. The van der Waals surface area contributed by atoms with Gasteiger partial charge in [-0.15, -0.1) is 0 Å². The maximum absolute atomic E-state index is 13.0. The molecule has 33 heavy (non-hydrogen) atoms. The van der Waals surface area contributed by atoms with Gasteiger partial charge in [-0.2, -0.15) is 0 Å². The van der Waals surface area contributed by atoms with Crippen LogP contribution >= 0.6 is 0 Å². The third-order valence-electron chi connectivity index (χ3n) is 5.66. The maximum Gasteiger partial charge on any atom is 0.248 e. The minimum absolute atomic E-state index is 0.0571. The molecule has 0 bridgehead atoms. The normalized spacial score (nSPS) is 15.9. The van der Waals surface area contributed by atoms with Gasteiger partial charge in [0, 0.05) is 36.5 Å². The molecule has 0 radical (unpaired) electrons. The molecule has 0 spiro atoms. The van der Waals surface area contributed by atoms with E-state index >= 15 is 0 Å². The number of nitrogens with zero attached hydrogens (tertiary/aromatic N) is 3. The number of morpholine rings is 1. The molecule has 7 nitrogen and oxygen atoms in total. The van der Waals surface area contributed by atoms with E-state index in [0.717, 1.165) is 17.5 Å². The minimum atomic E-state index is -0.495. The zero-order valence-electron chi connectivity index (χ0n) is 18.1. The number of carbonyl (C=O) groups is 2. The molecule has 1 aliphatic heterocycles. The smallest absolute Gasteiger partial charge is 0.248 e. The van der Waals surface area contributed by atoms with E-state index < -0.39 is 12.0 Å². The Kier molecular flexibility index (Phi) is 7.04. The summed E-state index contributed by atoms with van der Waals surface area (Å²) in [7, 11) is 0. The molecule has 1 aromatic heterocycles. The zero-order chi connectivity index (χ0) is 23.2. The van der Waals surface area contributed by atoms with Crippen LogP contribution in [0.15, 0.2) is 60.9 Å². The van der Waals surface area contributed by atoms with Crippen molar-refractivity contribution in [3.63, 3.8) is 0 Å². The third kappa shape index (κ3) is 5.59. The van der Waals surface area contributed by atoms with E-state index in [-0.39, 0.29) is 11.7 Å². The number of amides is 2. The Morgan fingerprint density at radius 3 is 2.52 bits per heavy atom. The van der Waals surface area contributed by atoms with Gasteiger partial charge in [-0.05, 0) is 42.7 Å². The quantitative estimate of drug-likeness (QED) is 0.598. The van der Waals surface area contributed by atoms with Crippen LogP contribution in [0, 0.1) is 5.82 Å². The molecule has 0 aliphatic carbocycles. The molecule has 2 aromatic carbocycles. The summed E-state index contributed by atoms with van der Waals surface area (Å²) in [5.74, 6) is -0.701. The second-order valence-electron chi connectivity index (χ2n) is 7.91. The standard InChI is InChI=1S/C25H25FN4O3/c26-20-10-4-17(5-11-20)2-1-3-22(31)30-14-15-33-21(16-30)24-23(28-12-13-29-24)18-6-8-19(9-7-18)25(27)32/h4-13,21H,1-3,14-16H2,(H2,27,32). The van der Waals surface area contributed by atoms with Crippen LogP contribution in [0.5, 0.6) is 0 Å². The summed E-state index contributed by atoms with van der Waals surface area (Å²) in [6, 6.07) is 13.2. The average molecular weight is 448 g/mol. The van der Waals surface area contributed by atoms with Crippen molar-refractivity contribution in [2.45, 2.75) is 25.4 Å². The molecule has 4 rings (SSSR count). The summed E-state index contributed by atoms with van der Waals surface area (Å²) in [6.07, 6.45) is 4.61. The highest BCUT2D eigenvalue weighted by Crippen LogP contribution is 2.29. The highest BCUT2D eigenvalue weighted by Gasteiger charge is 2.28. The van der Waals surface area contributed by atoms with E-state index in [1.54, 1.807) is 53.7 Å². The van der Waals surface area contributed by atoms with Gasteiger partial charge >= 0.3 is 0 Å². The van der Waals surface area contributed by atoms with Crippen LogP contribution in [0.3, 0.4) is 0 Å². The van der Waals surface area contributed by atoms with E-state index in [0.29, 0.717) is 49.5 Å². The number of benzene rings is 2. The Labute approximate surface area is 191 Å². The predicted molar refractivity (Wildman–Crippen MR) is 121 cm³/mol. The van der Waals surface area contributed by atoms with Gasteiger partial charge in [0.25, 0.3) is 0 Å². The average Bonchev–Trinajstić information content (AvgIpc) is 2.85. The molecule has 1 atom stereocenters. The van der Waals surface area contributed by atoms with Crippen molar-refractivity contribution in [1.29, 1.82) is 0 Å². The lowest BCUT2D eigenvalue weighted by atomic mass is 10.0. The summed E-state index contributed by atoms with van der Waals surface area (Å²) in [5.41, 5.74) is 8.83. The number of primary amides is 1. The SMILES string of the molecule is NC(=O)c1ccc(-c2nccnc2C2CN(C(=O)CCCc3ccc(F)cc3)CCO2)cc1. The first kappa shape index (κ1) is 22.5. The Morgan fingerprint density at radius 1 is 1.06 bits per heavy atom. The molecule has 2 amide bonds. The third-order valence-corrected chi connectivity index (χ3v) is 5.66. The van der Waals surface area contributed by atoms with E-state index in [1.807, 2.05) is 0 Å². The van der Waals surface area contributed by atoms with Crippen molar-refractivity contribution in [2.75, 3.05) is 19.7 Å². The van der Waals surface area contributed by atoms with E-state index in [9.17, 15) is 14.0 Å². The van der Waals surface area contributed by atoms with Crippen LogP contribution in [0.1, 0.15) is 40.6 Å². The maximum atomic E-state index is 13.0. The lowest BCUT2D eigenvalue weighted by Crippen LogP contribution is -2.42.